The number of hydrogen-bond acceptors (Lipinski definition) is 6. The molecule has 3 aromatic rings. The molecule has 0 bridgehead atoms. The molecule has 4 rings (SSSR count). The van der Waals surface area contributed by atoms with Gasteiger partial charge >= 0.3 is 0 Å². The third-order valence-corrected chi connectivity index (χ3v) is 7.88. The summed E-state index contributed by atoms with van der Waals surface area (Å²) in [6.45, 7) is -0.807. The number of hydrogen-bond donors (Lipinski definition) is 4. The van der Waals surface area contributed by atoms with Crippen molar-refractivity contribution >= 4 is 34.9 Å². The van der Waals surface area contributed by atoms with Gasteiger partial charge in [0, 0.05) is 34.9 Å². The van der Waals surface area contributed by atoms with Gasteiger partial charge in [0.1, 0.15) is 35.9 Å². The zero-order valence-electron chi connectivity index (χ0n) is 22.9. The maximum absolute atomic E-state index is 15.0. The molecule has 9 nitrogen and oxygen atoms in total. The minimum Gasteiger partial charge on any atom is -0.457 e. The second kappa shape index (κ2) is 13.1. The fourth-order valence-corrected chi connectivity index (χ4v) is 5.35. The first-order valence-corrected chi connectivity index (χ1v) is 13.9. The maximum atomic E-state index is 15.0. The molecule has 0 saturated carbocycles. The second-order valence-corrected chi connectivity index (χ2v) is 10.8. The molecular formula is C29H30F3N5O4S. The van der Waals surface area contributed by atoms with Crippen molar-refractivity contribution in [3.05, 3.63) is 81.8 Å². The Labute approximate surface area is 244 Å². The number of amides is 3. The Balaban J connectivity index is 1.36. The van der Waals surface area contributed by atoms with Crippen molar-refractivity contribution in [2.24, 2.45) is 0 Å². The van der Waals surface area contributed by atoms with Crippen LogP contribution in [0.5, 0.6) is 11.5 Å². The van der Waals surface area contributed by atoms with Crippen LogP contribution in [0.15, 0.2) is 60.0 Å². The van der Waals surface area contributed by atoms with Crippen molar-refractivity contribution in [1.82, 2.24) is 20.9 Å². The Morgan fingerprint density at radius 3 is 2.38 bits per heavy atom. The summed E-state index contributed by atoms with van der Waals surface area (Å²) in [6, 6.07) is 11.4. The Kier molecular flexibility index (Phi) is 9.51. The van der Waals surface area contributed by atoms with Gasteiger partial charge in [-0.25, -0.2) is 13.2 Å². The van der Waals surface area contributed by atoms with Gasteiger partial charge in [0.25, 0.3) is 5.91 Å². The van der Waals surface area contributed by atoms with Gasteiger partial charge < -0.3 is 25.6 Å². The molecule has 1 aliphatic heterocycles. The van der Waals surface area contributed by atoms with E-state index in [9.17, 15) is 23.2 Å². The van der Waals surface area contributed by atoms with Crippen molar-refractivity contribution in [3.8, 4) is 11.5 Å². The summed E-state index contributed by atoms with van der Waals surface area (Å²) >= 11 is 1.33. The van der Waals surface area contributed by atoms with Gasteiger partial charge in [-0.1, -0.05) is 0 Å². The fourth-order valence-electron chi connectivity index (χ4n) is 4.44. The van der Waals surface area contributed by atoms with E-state index >= 15 is 4.39 Å². The van der Waals surface area contributed by atoms with Gasteiger partial charge in [-0.3, -0.25) is 19.8 Å². The van der Waals surface area contributed by atoms with E-state index in [1.54, 1.807) is 25.4 Å². The van der Waals surface area contributed by atoms with Crippen LogP contribution in [0, 0.1) is 11.2 Å². The highest BCUT2D eigenvalue weighted by Crippen LogP contribution is 2.32. The summed E-state index contributed by atoms with van der Waals surface area (Å²) in [4.78, 5) is 40.5. The lowest BCUT2D eigenvalue weighted by atomic mass is 10.0. The molecule has 0 spiro atoms. The monoisotopic (exact) mass is 601 g/mol. The molecule has 0 radical (unpaired) electrons. The number of carbonyl (C=O) groups excluding carboxylic acids is 3. The highest BCUT2D eigenvalue weighted by molar-refractivity contribution is 7.10. The highest BCUT2D eigenvalue weighted by Gasteiger charge is 2.49. The van der Waals surface area contributed by atoms with Crippen molar-refractivity contribution in [1.29, 1.82) is 5.41 Å². The minimum atomic E-state index is -2.39. The molecule has 3 amide bonds. The SMILES string of the molecule is CNC(=N)c1csc([C@@H](C)NC(=O)[C@@H]2C[C@](F)(CF)CN2C(=O)CNC(=O)c2ccc(Oc3ccc(F)cc3)cc2)c1. The molecule has 0 unspecified atom stereocenters. The largest absolute Gasteiger partial charge is 0.457 e. The number of alkyl halides is 2. The number of carbonyl (C=O) groups is 3. The molecule has 222 valence electrons. The van der Waals surface area contributed by atoms with E-state index in [2.05, 4.69) is 16.0 Å². The van der Waals surface area contributed by atoms with Crippen LogP contribution in [-0.4, -0.2) is 67.0 Å². The summed E-state index contributed by atoms with van der Waals surface area (Å²) in [5, 5.41) is 17.6. The van der Waals surface area contributed by atoms with E-state index in [-0.39, 0.29) is 11.4 Å². The minimum absolute atomic E-state index is 0.212. The van der Waals surface area contributed by atoms with Crippen LogP contribution in [0.2, 0.25) is 0 Å². The zero-order valence-corrected chi connectivity index (χ0v) is 23.7. The second-order valence-electron chi connectivity index (χ2n) is 9.88. The number of amidine groups is 1. The predicted molar refractivity (Wildman–Crippen MR) is 152 cm³/mol. The first-order chi connectivity index (χ1) is 20.0. The molecule has 1 fully saturated rings. The van der Waals surface area contributed by atoms with E-state index in [1.807, 2.05) is 0 Å². The van der Waals surface area contributed by atoms with Crippen LogP contribution in [-0.2, 0) is 9.59 Å². The Bertz CT molecular complexity index is 1450. The number of nitrogens with one attached hydrogen (secondary N) is 4. The van der Waals surface area contributed by atoms with E-state index in [0.717, 1.165) is 9.78 Å². The zero-order chi connectivity index (χ0) is 30.4. The molecular weight excluding hydrogens is 571 g/mol. The number of halogens is 3. The van der Waals surface area contributed by atoms with E-state index < -0.39 is 67.5 Å². The van der Waals surface area contributed by atoms with Crippen molar-refractivity contribution in [3.63, 3.8) is 0 Å². The third kappa shape index (κ3) is 7.27. The van der Waals surface area contributed by atoms with E-state index in [1.165, 1.54) is 59.9 Å². The number of rotatable bonds is 10. The topological polar surface area (TPSA) is 124 Å². The lowest BCUT2D eigenvalue weighted by Gasteiger charge is -2.25. The molecule has 42 heavy (non-hydrogen) atoms. The van der Waals surface area contributed by atoms with Crippen LogP contribution in [0.4, 0.5) is 13.2 Å². The molecule has 1 saturated heterocycles. The fraction of sp³-hybridized carbons (Fsp3) is 0.310. The average Bonchev–Trinajstić information content (AvgIpc) is 3.63. The summed E-state index contributed by atoms with van der Waals surface area (Å²) in [7, 11) is 1.62. The van der Waals surface area contributed by atoms with Gasteiger partial charge in [0.15, 0.2) is 5.67 Å². The van der Waals surface area contributed by atoms with Crippen molar-refractivity contribution in [2.45, 2.75) is 31.1 Å². The van der Waals surface area contributed by atoms with Crippen LogP contribution < -0.4 is 20.7 Å². The molecule has 3 atom stereocenters. The lowest BCUT2D eigenvalue weighted by Crippen LogP contribution is -2.49. The van der Waals surface area contributed by atoms with Crippen molar-refractivity contribution < 1.29 is 32.3 Å². The summed E-state index contributed by atoms with van der Waals surface area (Å²) in [6.07, 6.45) is -0.517. The van der Waals surface area contributed by atoms with E-state index in [4.69, 9.17) is 10.1 Å². The van der Waals surface area contributed by atoms with Gasteiger partial charge in [-0.15, -0.1) is 11.3 Å². The normalized spacial score (nSPS) is 18.7. The van der Waals surface area contributed by atoms with Crippen LogP contribution in [0.25, 0.3) is 0 Å². The standard InChI is InChI=1S/C29H30F3N5O4S/c1-17(24-11-19(14-42-24)26(33)34-2)36-28(40)23-12-29(32,15-30)16-37(23)25(38)13-35-27(39)18-3-7-21(8-4-18)41-22-9-5-20(31)6-10-22/h3-11,14,17,23H,12-13,15-16H2,1-2H3,(H2,33,34)(H,35,39)(H,36,40)/t17-,23+,29+/m1/s1. The lowest BCUT2D eigenvalue weighted by molar-refractivity contribution is -0.138. The molecule has 1 aromatic heterocycles. The third-order valence-electron chi connectivity index (χ3n) is 6.76. The number of benzene rings is 2. The maximum Gasteiger partial charge on any atom is 0.251 e. The first-order valence-electron chi connectivity index (χ1n) is 13.0. The Hall–Kier alpha value is -4.39. The smallest absolute Gasteiger partial charge is 0.251 e. The number of thiophene rings is 1. The van der Waals surface area contributed by atoms with Crippen LogP contribution >= 0.6 is 11.3 Å². The quantitative estimate of drug-likeness (QED) is 0.206. The molecule has 13 heteroatoms. The summed E-state index contributed by atoms with van der Waals surface area (Å²) in [5.41, 5.74) is -1.53. The molecule has 1 aliphatic rings. The molecule has 4 N–H and O–H groups in total. The average molecular weight is 602 g/mol. The Morgan fingerprint density at radius 2 is 1.76 bits per heavy atom. The predicted octanol–water partition coefficient (Wildman–Crippen LogP) is 4.11. The van der Waals surface area contributed by atoms with Crippen molar-refractivity contribution in [2.75, 3.05) is 26.8 Å². The van der Waals surface area contributed by atoms with Crippen LogP contribution in [0.3, 0.4) is 0 Å². The summed E-state index contributed by atoms with van der Waals surface area (Å²) < 4.78 is 47.3. The summed E-state index contributed by atoms with van der Waals surface area (Å²) in [5.74, 6) is -1.36. The van der Waals surface area contributed by atoms with Gasteiger partial charge in [-0.05, 0) is 61.5 Å². The van der Waals surface area contributed by atoms with Crippen LogP contribution in [0.1, 0.15) is 40.2 Å². The number of ether oxygens (including phenoxy) is 1. The van der Waals surface area contributed by atoms with E-state index in [0.29, 0.717) is 17.1 Å². The first kappa shape index (κ1) is 30.6. The number of nitrogens with zero attached hydrogens (tertiary/aromatic N) is 1. The van der Waals surface area contributed by atoms with Gasteiger partial charge in [0.05, 0.1) is 19.1 Å². The highest BCUT2D eigenvalue weighted by atomic mass is 32.1. The molecule has 2 heterocycles. The Morgan fingerprint density at radius 1 is 1.12 bits per heavy atom. The molecule has 0 aliphatic carbocycles. The van der Waals surface area contributed by atoms with Gasteiger partial charge in [0.2, 0.25) is 11.8 Å². The molecule has 2 aromatic carbocycles. The number of likely N-dealkylation sites (tertiary alicyclic amines) is 1. The van der Waals surface area contributed by atoms with Gasteiger partial charge in [-0.2, -0.15) is 0 Å².